The first kappa shape index (κ1) is 11.0. The second-order valence-electron chi connectivity index (χ2n) is 2.90. The Hall–Kier alpha value is -1.08. The lowest BCUT2D eigenvalue weighted by Gasteiger charge is -2.13. The number of hydrogen-bond donors (Lipinski definition) is 3. The van der Waals surface area contributed by atoms with Crippen LogP contribution in [-0.2, 0) is 10.0 Å². The Morgan fingerprint density at radius 1 is 1.71 bits per heavy atom. The molecule has 0 aliphatic rings. The Bertz CT molecular complexity index is 355. The van der Waals surface area contributed by atoms with Crippen molar-refractivity contribution in [1.29, 1.82) is 0 Å². The molecule has 6 nitrogen and oxygen atoms in total. The van der Waals surface area contributed by atoms with Gasteiger partial charge in [-0.1, -0.05) is 6.92 Å². The molecule has 14 heavy (non-hydrogen) atoms. The van der Waals surface area contributed by atoms with Crippen LogP contribution in [0.5, 0.6) is 0 Å². The summed E-state index contributed by atoms with van der Waals surface area (Å²) in [7, 11) is -3.38. The Morgan fingerprint density at radius 2 is 2.43 bits per heavy atom. The SMILES string of the molecule is CCC(CN)S(=O)(=O)Nc1cn[nH]c1. The molecule has 1 heterocycles. The van der Waals surface area contributed by atoms with Crippen molar-refractivity contribution in [2.24, 2.45) is 5.73 Å². The summed E-state index contributed by atoms with van der Waals surface area (Å²) in [5, 5.41) is 5.60. The molecule has 0 fully saturated rings. The molecule has 1 aromatic heterocycles. The Morgan fingerprint density at radius 3 is 2.86 bits per heavy atom. The van der Waals surface area contributed by atoms with Gasteiger partial charge in [0.25, 0.3) is 0 Å². The Kier molecular flexibility index (Phi) is 3.48. The standard InChI is InChI=1S/C7H14N4O2S/c1-2-7(3-8)14(12,13)11-6-4-9-10-5-6/h4-5,7,11H,2-3,8H2,1H3,(H,9,10). The lowest BCUT2D eigenvalue weighted by Crippen LogP contribution is -2.33. The van der Waals surface area contributed by atoms with Crippen molar-refractivity contribution in [3.05, 3.63) is 12.4 Å². The molecule has 0 aliphatic carbocycles. The quantitative estimate of drug-likeness (QED) is 0.641. The fourth-order valence-electron chi connectivity index (χ4n) is 1.07. The van der Waals surface area contributed by atoms with Crippen LogP contribution in [0.2, 0.25) is 0 Å². The van der Waals surface area contributed by atoms with E-state index < -0.39 is 15.3 Å². The van der Waals surface area contributed by atoms with Crippen LogP contribution in [0, 0.1) is 0 Å². The van der Waals surface area contributed by atoms with Crippen LogP contribution in [0.3, 0.4) is 0 Å². The van der Waals surface area contributed by atoms with E-state index in [0.717, 1.165) is 0 Å². The predicted molar refractivity (Wildman–Crippen MR) is 54.3 cm³/mol. The molecule has 0 aromatic carbocycles. The number of rotatable bonds is 5. The molecule has 1 atom stereocenters. The van der Waals surface area contributed by atoms with Crippen LogP contribution in [-0.4, -0.2) is 30.4 Å². The molecule has 1 rings (SSSR count). The van der Waals surface area contributed by atoms with Crippen LogP contribution in [0.1, 0.15) is 13.3 Å². The van der Waals surface area contributed by atoms with Gasteiger partial charge in [-0.2, -0.15) is 5.10 Å². The van der Waals surface area contributed by atoms with E-state index in [-0.39, 0.29) is 6.54 Å². The van der Waals surface area contributed by atoms with Crippen molar-refractivity contribution in [3.8, 4) is 0 Å². The first-order chi connectivity index (χ1) is 6.60. The van der Waals surface area contributed by atoms with Crippen molar-refractivity contribution in [2.75, 3.05) is 11.3 Å². The fourth-order valence-corrected chi connectivity index (χ4v) is 2.37. The Balaban J connectivity index is 2.76. The topological polar surface area (TPSA) is 101 Å². The summed E-state index contributed by atoms with van der Waals surface area (Å²) in [5.41, 5.74) is 5.78. The van der Waals surface area contributed by atoms with Gasteiger partial charge >= 0.3 is 0 Å². The first-order valence-corrected chi connectivity index (χ1v) is 5.85. The molecule has 0 aliphatic heterocycles. The molecular weight excluding hydrogens is 204 g/mol. The van der Waals surface area contributed by atoms with Gasteiger partial charge in [0.05, 0.1) is 17.1 Å². The molecule has 7 heteroatoms. The number of nitrogens with two attached hydrogens (primary N) is 1. The number of hydrogen-bond acceptors (Lipinski definition) is 4. The summed E-state index contributed by atoms with van der Waals surface area (Å²) in [6.07, 6.45) is 3.37. The number of H-pyrrole nitrogens is 1. The van der Waals surface area contributed by atoms with Crippen molar-refractivity contribution in [1.82, 2.24) is 10.2 Å². The molecule has 0 radical (unpaired) electrons. The smallest absolute Gasteiger partial charge is 0.236 e. The molecule has 4 N–H and O–H groups in total. The maximum Gasteiger partial charge on any atom is 0.236 e. The van der Waals surface area contributed by atoms with Crippen molar-refractivity contribution in [3.63, 3.8) is 0 Å². The van der Waals surface area contributed by atoms with Gasteiger partial charge in [0.2, 0.25) is 10.0 Å². The van der Waals surface area contributed by atoms with Gasteiger partial charge in [-0.3, -0.25) is 9.82 Å². The third kappa shape index (κ3) is 2.46. The highest BCUT2D eigenvalue weighted by atomic mass is 32.2. The second kappa shape index (κ2) is 4.43. The molecule has 0 spiro atoms. The number of aromatic amines is 1. The van der Waals surface area contributed by atoms with E-state index in [0.29, 0.717) is 12.1 Å². The minimum Gasteiger partial charge on any atom is -0.329 e. The molecule has 80 valence electrons. The zero-order valence-corrected chi connectivity index (χ0v) is 8.71. The van der Waals surface area contributed by atoms with Gasteiger partial charge in [0.15, 0.2) is 0 Å². The highest BCUT2D eigenvalue weighted by molar-refractivity contribution is 7.93. The second-order valence-corrected chi connectivity index (χ2v) is 4.86. The molecule has 1 aromatic rings. The minimum absolute atomic E-state index is 0.115. The predicted octanol–water partition coefficient (Wildman–Crippen LogP) is -0.111. The van der Waals surface area contributed by atoms with E-state index in [4.69, 9.17) is 5.73 Å². The normalized spacial score (nSPS) is 13.9. The summed E-state index contributed by atoms with van der Waals surface area (Å²) in [5.74, 6) is 0. The monoisotopic (exact) mass is 218 g/mol. The van der Waals surface area contributed by atoms with E-state index >= 15 is 0 Å². The van der Waals surface area contributed by atoms with Gasteiger partial charge in [-0.25, -0.2) is 8.42 Å². The van der Waals surface area contributed by atoms with Crippen LogP contribution >= 0.6 is 0 Å². The highest BCUT2D eigenvalue weighted by Gasteiger charge is 2.22. The van der Waals surface area contributed by atoms with Crippen molar-refractivity contribution >= 4 is 15.7 Å². The van der Waals surface area contributed by atoms with Gasteiger partial charge < -0.3 is 5.73 Å². The molecule has 0 bridgehead atoms. The lowest BCUT2D eigenvalue weighted by atomic mass is 10.3. The molecule has 1 unspecified atom stereocenters. The summed E-state index contributed by atoms with van der Waals surface area (Å²) in [4.78, 5) is 0. The summed E-state index contributed by atoms with van der Waals surface area (Å²) in [6, 6.07) is 0. The summed E-state index contributed by atoms with van der Waals surface area (Å²) < 4.78 is 25.7. The van der Waals surface area contributed by atoms with Crippen molar-refractivity contribution in [2.45, 2.75) is 18.6 Å². The number of aromatic nitrogens is 2. The number of nitrogens with one attached hydrogen (secondary N) is 2. The average molecular weight is 218 g/mol. The van der Waals surface area contributed by atoms with Crippen molar-refractivity contribution < 1.29 is 8.42 Å². The maximum atomic E-state index is 11.6. The third-order valence-corrected chi connectivity index (χ3v) is 3.84. The molecular formula is C7H14N4O2S. The van der Waals surface area contributed by atoms with Crippen LogP contribution in [0.15, 0.2) is 12.4 Å². The minimum atomic E-state index is -3.38. The Labute approximate surface area is 82.9 Å². The molecule has 0 saturated carbocycles. The van der Waals surface area contributed by atoms with E-state index in [1.807, 2.05) is 0 Å². The van der Waals surface area contributed by atoms with E-state index in [1.165, 1.54) is 12.4 Å². The zero-order chi connectivity index (χ0) is 10.6. The van der Waals surface area contributed by atoms with Crippen LogP contribution in [0.25, 0.3) is 0 Å². The number of sulfonamides is 1. The lowest BCUT2D eigenvalue weighted by molar-refractivity contribution is 0.581. The van der Waals surface area contributed by atoms with Crippen LogP contribution < -0.4 is 10.5 Å². The summed E-state index contributed by atoms with van der Waals surface area (Å²) in [6.45, 7) is 1.90. The number of anilines is 1. The molecule has 0 amide bonds. The third-order valence-electron chi connectivity index (χ3n) is 1.92. The molecule has 0 saturated heterocycles. The summed E-state index contributed by atoms with van der Waals surface area (Å²) >= 11 is 0. The van der Waals surface area contributed by atoms with Gasteiger partial charge in [-0.15, -0.1) is 0 Å². The maximum absolute atomic E-state index is 11.6. The van der Waals surface area contributed by atoms with E-state index in [1.54, 1.807) is 6.92 Å². The van der Waals surface area contributed by atoms with E-state index in [2.05, 4.69) is 14.9 Å². The number of nitrogens with zero attached hydrogens (tertiary/aromatic N) is 1. The van der Waals surface area contributed by atoms with Gasteiger partial charge in [-0.05, 0) is 6.42 Å². The average Bonchev–Trinajstić information content (AvgIpc) is 2.57. The largest absolute Gasteiger partial charge is 0.329 e. The van der Waals surface area contributed by atoms with E-state index in [9.17, 15) is 8.42 Å². The zero-order valence-electron chi connectivity index (χ0n) is 7.90. The van der Waals surface area contributed by atoms with Gasteiger partial charge in [0.1, 0.15) is 0 Å². The van der Waals surface area contributed by atoms with Gasteiger partial charge in [0, 0.05) is 12.7 Å². The highest BCUT2D eigenvalue weighted by Crippen LogP contribution is 2.10. The van der Waals surface area contributed by atoms with Crippen LogP contribution in [0.4, 0.5) is 5.69 Å². The fraction of sp³-hybridized carbons (Fsp3) is 0.571. The first-order valence-electron chi connectivity index (χ1n) is 4.30.